The van der Waals surface area contributed by atoms with Crippen LogP contribution in [-0.2, 0) is 14.8 Å². The minimum atomic E-state index is -4.12. The molecule has 0 aromatic heterocycles. The Morgan fingerprint density at radius 3 is 2.34 bits per heavy atom. The van der Waals surface area contributed by atoms with Crippen molar-refractivity contribution >= 4 is 49.7 Å². The van der Waals surface area contributed by atoms with Crippen LogP contribution in [0.5, 0.6) is 0 Å². The zero-order valence-electron chi connectivity index (χ0n) is 16.7. The molecule has 0 unspecified atom stereocenters. The smallest absolute Gasteiger partial charge is 0.264 e. The molecule has 4 aromatic rings. The molecule has 162 valence electrons. The molecule has 0 atom stereocenters. The van der Waals surface area contributed by atoms with E-state index < -0.39 is 28.3 Å². The van der Waals surface area contributed by atoms with Gasteiger partial charge in [0.2, 0.25) is 5.91 Å². The number of anilines is 2. The van der Waals surface area contributed by atoms with Gasteiger partial charge in [-0.25, -0.2) is 12.8 Å². The molecule has 0 saturated heterocycles. The van der Waals surface area contributed by atoms with Crippen LogP contribution in [-0.4, -0.2) is 20.9 Å². The van der Waals surface area contributed by atoms with Gasteiger partial charge in [-0.2, -0.15) is 0 Å². The fourth-order valence-corrected chi connectivity index (χ4v) is 4.94. The van der Waals surface area contributed by atoms with E-state index in [1.54, 1.807) is 30.3 Å². The minimum Gasteiger partial charge on any atom is -0.324 e. The Kier molecular flexibility index (Phi) is 6.12. The number of sulfonamides is 1. The number of hydrogen-bond acceptors (Lipinski definition) is 3. The molecule has 0 aliphatic heterocycles. The third-order valence-corrected chi connectivity index (χ3v) is 6.95. The lowest BCUT2D eigenvalue weighted by Crippen LogP contribution is -2.38. The summed E-state index contributed by atoms with van der Waals surface area (Å²) in [6.07, 6.45) is 0. The van der Waals surface area contributed by atoms with Crippen LogP contribution in [0.4, 0.5) is 15.8 Å². The summed E-state index contributed by atoms with van der Waals surface area (Å²) in [7, 11) is -4.12. The molecule has 4 rings (SSSR count). The zero-order chi connectivity index (χ0) is 22.7. The second-order valence-electron chi connectivity index (χ2n) is 7.00. The summed E-state index contributed by atoms with van der Waals surface area (Å²) < 4.78 is 41.3. The summed E-state index contributed by atoms with van der Waals surface area (Å²) in [5.41, 5.74) is 0.635. The number of nitrogens with zero attached hydrogens (tertiary/aromatic N) is 1. The Morgan fingerprint density at radius 1 is 0.906 bits per heavy atom. The average Bonchev–Trinajstić information content (AvgIpc) is 2.80. The van der Waals surface area contributed by atoms with Gasteiger partial charge in [-0.3, -0.25) is 9.10 Å². The maximum atomic E-state index is 13.7. The third kappa shape index (κ3) is 4.44. The van der Waals surface area contributed by atoms with Crippen LogP contribution in [0, 0.1) is 5.82 Å². The van der Waals surface area contributed by atoms with Crippen LogP contribution in [0.3, 0.4) is 0 Å². The molecule has 8 heteroatoms. The van der Waals surface area contributed by atoms with Crippen molar-refractivity contribution in [2.45, 2.75) is 4.90 Å². The van der Waals surface area contributed by atoms with Gasteiger partial charge >= 0.3 is 0 Å². The quantitative estimate of drug-likeness (QED) is 0.408. The Morgan fingerprint density at radius 2 is 1.59 bits per heavy atom. The van der Waals surface area contributed by atoms with Gasteiger partial charge < -0.3 is 5.32 Å². The van der Waals surface area contributed by atoms with Crippen molar-refractivity contribution in [3.05, 3.63) is 102 Å². The molecular weight excluding hydrogens is 451 g/mol. The largest absolute Gasteiger partial charge is 0.324 e. The Labute approximate surface area is 190 Å². The Balaban J connectivity index is 1.70. The first-order valence-electron chi connectivity index (χ1n) is 9.67. The second kappa shape index (κ2) is 8.98. The molecule has 32 heavy (non-hydrogen) atoms. The molecule has 0 saturated carbocycles. The van der Waals surface area contributed by atoms with E-state index in [-0.39, 0.29) is 15.6 Å². The number of benzene rings is 4. The zero-order valence-corrected chi connectivity index (χ0v) is 18.3. The van der Waals surface area contributed by atoms with E-state index in [2.05, 4.69) is 5.32 Å². The first-order valence-corrected chi connectivity index (χ1v) is 11.5. The molecule has 4 aromatic carbocycles. The fourth-order valence-electron chi connectivity index (χ4n) is 3.33. The first-order chi connectivity index (χ1) is 15.4. The van der Waals surface area contributed by atoms with Gasteiger partial charge in [0.25, 0.3) is 10.0 Å². The summed E-state index contributed by atoms with van der Waals surface area (Å²) >= 11 is 5.89. The maximum absolute atomic E-state index is 13.7. The normalized spacial score (nSPS) is 11.3. The van der Waals surface area contributed by atoms with Crippen LogP contribution < -0.4 is 9.62 Å². The molecule has 0 bridgehead atoms. The number of hydrogen-bond donors (Lipinski definition) is 1. The predicted molar refractivity (Wildman–Crippen MR) is 125 cm³/mol. The minimum absolute atomic E-state index is 0.00147. The lowest BCUT2D eigenvalue weighted by molar-refractivity contribution is -0.114. The van der Waals surface area contributed by atoms with E-state index in [9.17, 15) is 17.6 Å². The highest BCUT2D eigenvalue weighted by atomic mass is 35.5. The summed E-state index contributed by atoms with van der Waals surface area (Å²) in [4.78, 5) is 12.9. The van der Waals surface area contributed by atoms with Crippen molar-refractivity contribution in [1.82, 2.24) is 0 Å². The van der Waals surface area contributed by atoms with E-state index >= 15 is 0 Å². The van der Waals surface area contributed by atoms with Crippen LogP contribution >= 0.6 is 11.6 Å². The summed E-state index contributed by atoms with van der Waals surface area (Å²) in [5, 5.41) is 4.30. The number of carbonyl (C=O) groups is 1. The lowest BCUT2D eigenvalue weighted by atomic mass is 10.1. The average molecular weight is 469 g/mol. The number of nitrogens with one attached hydrogen (secondary N) is 1. The molecule has 1 N–H and O–H groups in total. The standard InChI is InChI=1S/C24H18ClFN2O3S/c25-21-15-18(13-14-22(21)26)28(32(30,31)19-9-2-1-3-10-19)16-24(29)27-23-12-6-8-17-7-4-5-11-20(17)23/h1-15H,16H2,(H,27,29). The van der Waals surface area contributed by atoms with Crippen LogP contribution in [0.2, 0.25) is 5.02 Å². The molecule has 0 aliphatic rings. The molecule has 0 heterocycles. The van der Waals surface area contributed by atoms with E-state index in [0.717, 1.165) is 21.1 Å². The van der Waals surface area contributed by atoms with Crippen molar-refractivity contribution in [3.63, 3.8) is 0 Å². The van der Waals surface area contributed by atoms with E-state index in [4.69, 9.17) is 11.6 Å². The van der Waals surface area contributed by atoms with Crippen molar-refractivity contribution in [2.24, 2.45) is 0 Å². The van der Waals surface area contributed by atoms with Gasteiger partial charge in [-0.15, -0.1) is 0 Å². The van der Waals surface area contributed by atoms with Crippen molar-refractivity contribution < 1.29 is 17.6 Å². The van der Waals surface area contributed by atoms with Crippen LogP contribution in [0.25, 0.3) is 10.8 Å². The molecule has 5 nitrogen and oxygen atoms in total. The first kappa shape index (κ1) is 21.8. The van der Waals surface area contributed by atoms with E-state index in [1.807, 2.05) is 30.3 Å². The lowest BCUT2D eigenvalue weighted by Gasteiger charge is -2.24. The highest BCUT2D eigenvalue weighted by molar-refractivity contribution is 7.92. The van der Waals surface area contributed by atoms with Gasteiger partial charge in [-0.05, 0) is 41.8 Å². The molecule has 0 radical (unpaired) electrons. The predicted octanol–water partition coefficient (Wildman–Crippen LogP) is 5.47. The molecule has 0 spiro atoms. The third-order valence-electron chi connectivity index (χ3n) is 4.87. The Hall–Kier alpha value is -3.42. The van der Waals surface area contributed by atoms with E-state index in [1.165, 1.54) is 24.3 Å². The highest BCUT2D eigenvalue weighted by Crippen LogP contribution is 2.28. The van der Waals surface area contributed by atoms with Gasteiger partial charge in [-0.1, -0.05) is 66.2 Å². The molecular formula is C24H18ClFN2O3S. The van der Waals surface area contributed by atoms with Gasteiger partial charge in [0.15, 0.2) is 0 Å². The van der Waals surface area contributed by atoms with Crippen molar-refractivity contribution in [2.75, 3.05) is 16.2 Å². The monoisotopic (exact) mass is 468 g/mol. The van der Waals surface area contributed by atoms with Crippen LogP contribution in [0.1, 0.15) is 0 Å². The number of carbonyl (C=O) groups excluding carboxylic acids is 1. The molecule has 1 amide bonds. The number of amides is 1. The van der Waals surface area contributed by atoms with E-state index in [0.29, 0.717) is 5.69 Å². The van der Waals surface area contributed by atoms with Crippen molar-refractivity contribution in [1.29, 1.82) is 0 Å². The maximum Gasteiger partial charge on any atom is 0.264 e. The highest BCUT2D eigenvalue weighted by Gasteiger charge is 2.28. The number of fused-ring (bicyclic) bond motifs is 1. The van der Waals surface area contributed by atoms with Crippen LogP contribution in [0.15, 0.2) is 95.9 Å². The van der Waals surface area contributed by atoms with Gasteiger partial charge in [0.05, 0.1) is 15.6 Å². The van der Waals surface area contributed by atoms with Gasteiger partial charge in [0, 0.05) is 11.1 Å². The Bertz CT molecular complexity index is 1390. The number of halogens is 2. The SMILES string of the molecule is O=C(CN(c1ccc(F)c(Cl)c1)S(=O)(=O)c1ccccc1)Nc1cccc2ccccc12. The summed E-state index contributed by atoms with van der Waals surface area (Å²) in [5.74, 6) is -1.24. The van der Waals surface area contributed by atoms with Gasteiger partial charge in [0.1, 0.15) is 12.4 Å². The second-order valence-corrected chi connectivity index (χ2v) is 9.27. The molecule has 0 aliphatic carbocycles. The summed E-state index contributed by atoms with van der Waals surface area (Å²) in [6, 6.07) is 24.2. The topological polar surface area (TPSA) is 66.5 Å². The van der Waals surface area contributed by atoms with Crippen molar-refractivity contribution in [3.8, 4) is 0 Å². The summed E-state index contributed by atoms with van der Waals surface area (Å²) in [6.45, 7) is -0.525. The molecule has 0 fully saturated rings. The fraction of sp³-hybridized carbons (Fsp3) is 0.0417. The number of rotatable bonds is 6.